The molecule has 0 unspecified atom stereocenters. The lowest BCUT2D eigenvalue weighted by Gasteiger charge is -2.34. The van der Waals surface area contributed by atoms with Gasteiger partial charge in [0.2, 0.25) is 5.95 Å². The van der Waals surface area contributed by atoms with E-state index in [1.165, 1.54) is 5.56 Å². The number of nitrogens with zero attached hydrogens (tertiary/aromatic N) is 4. The first-order chi connectivity index (χ1) is 10.3. The first kappa shape index (κ1) is 13.0. The monoisotopic (exact) mass is 300 g/mol. The van der Waals surface area contributed by atoms with Crippen LogP contribution >= 0.6 is 12.6 Å². The van der Waals surface area contributed by atoms with Gasteiger partial charge in [-0.05, 0) is 30.5 Å². The van der Waals surface area contributed by atoms with Crippen molar-refractivity contribution >= 4 is 24.3 Å². The van der Waals surface area contributed by atoms with E-state index in [4.69, 9.17) is 4.74 Å². The third kappa shape index (κ3) is 2.10. The van der Waals surface area contributed by atoms with Crippen molar-refractivity contribution in [1.82, 2.24) is 15.0 Å². The molecule has 1 fully saturated rings. The molecule has 4 rings (SSSR count). The van der Waals surface area contributed by atoms with Crippen molar-refractivity contribution in [3.8, 4) is 0 Å². The lowest BCUT2D eigenvalue weighted by atomic mass is 9.76. The Kier molecular flexibility index (Phi) is 3.08. The maximum atomic E-state index is 5.56. The van der Waals surface area contributed by atoms with Crippen LogP contribution in [0.2, 0.25) is 0 Å². The number of rotatable bonds is 1. The van der Waals surface area contributed by atoms with Crippen molar-refractivity contribution in [2.75, 3.05) is 24.7 Å². The predicted molar refractivity (Wildman–Crippen MR) is 82.3 cm³/mol. The zero-order valence-corrected chi connectivity index (χ0v) is 12.5. The quantitative estimate of drug-likeness (QED) is 0.819. The topological polar surface area (TPSA) is 51.1 Å². The van der Waals surface area contributed by atoms with Crippen molar-refractivity contribution in [3.05, 3.63) is 36.4 Å². The van der Waals surface area contributed by atoms with Crippen LogP contribution in [0.4, 0.5) is 11.6 Å². The summed E-state index contributed by atoms with van der Waals surface area (Å²) >= 11 is 4.48. The fraction of sp³-hybridized carbons (Fsp3) is 0.400. The molecule has 1 aromatic heterocycles. The van der Waals surface area contributed by atoms with Crippen LogP contribution in [0.3, 0.4) is 0 Å². The Morgan fingerprint density at radius 3 is 2.67 bits per heavy atom. The average molecular weight is 300 g/mol. The zero-order chi connectivity index (χ0) is 14.3. The molecule has 0 amide bonds. The molecule has 2 aromatic rings. The summed E-state index contributed by atoms with van der Waals surface area (Å²) in [6, 6.07) is 6.37. The van der Waals surface area contributed by atoms with E-state index in [1.54, 1.807) is 12.7 Å². The van der Waals surface area contributed by atoms with Crippen molar-refractivity contribution in [2.45, 2.75) is 23.2 Å². The van der Waals surface area contributed by atoms with Crippen LogP contribution in [0.5, 0.6) is 0 Å². The van der Waals surface area contributed by atoms with Gasteiger partial charge < -0.3 is 9.64 Å². The number of thiol groups is 1. The second kappa shape index (κ2) is 4.96. The normalized spacial score (nSPS) is 19.8. The third-order valence-electron chi connectivity index (χ3n) is 4.48. The van der Waals surface area contributed by atoms with Gasteiger partial charge in [-0.25, -0.2) is 15.0 Å². The van der Waals surface area contributed by atoms with Crippen LogP contribution in [-0.4, -0.2) is 34.7 Å². The molecule has 0 bridgehead atoms. The smallest absolute Gasteiger partial charge is 0.232 e. The Bertz CT molecular complexity index is 658. The molecule has 5 nitrogen and oxygen atoms in total. The molecule has 2 aliphatic rings. The first-order valence-electron chi connectivity index (χ1n) is 7.09. The van der Waals surface area contributed by atoms with Crippen LogP contribution < -0.4 is 4.90 Å². The van der Waals surface area contributed by atoms with Gasteiger partial charge in [0.25, 0.3) is 0 Å². The Hall–Kier alpha value is -1.66. The van der Waals surface area contributed by atoms with E-state index in [2.05, 4.69) is 50.7 Å². The largest absolute Gasteiger partial charge is 0.381 e. The highest BCUT2D eigenvalue weighted by molar-refractivity contribution is 7.80. The lowest BCUT2D eigenvalue weighted by Crippen LogP contribution is -2.37. The molecule has 0 N–H and O–H groups in total. The van der Waals surface area contributed by atoms with Gasteiger partial charge in [0, 0.05) is 35.8 Å². The molecule has 108 valence electrons. The minimum Gasteiger partial charge on any atom is -0.381 e. The van der Waals surface area contributed by atoms with Crippen molar-refractivity contribution in [2.24, 2.45) is 0 Å². The van der Waals surface area contributed by atoms with Crippen LogP contribution in [0, 0.1) is 0 Å². The maximum Gasteiger partial charge on any atom is 0.232 e. The van der Waals surface area contributed by atoms with Crippen LogP contribution in [-0.2, 0) is 10.2 Å². The summed E-state index contributed by atoms with van der Waals surface area (Å²) in [5.41, 5.74) is 2.67. The van der Waals surface area contributed by atoms with Gasteiger partial charge in [0.15, 0.2) is 0 Å². The molecule has 0 atom stereocenters. The number of aromatic nitrogens is 3. The molecule has 0 saturated carbocycles. The summed E-state index contributed by atoms with van der Waals surface area (Å²) in [5, 5.41) is 0. The minimum absolute atomic E-state index is 0.141. The number of fused-ring (bicyclic) bond motifs is 2. The number of benzene rings is 1. The fourth-order valence-corrected chi connectivity index (χ4v) is 3.60. The van der Waals surface area contributed by atoms with E-state index < -0.39 is 0 Å². The number of anilines is 2. The molecular formula is C15H16N4OS. The highest BCUT2D eigenvalue weighted by atomic mass is 32.1. The highest BCUT2D eigenvalue weighted by Gasteiger charge is 2.44. The van der Waals surface area contributed by atoms with E-state index >= 15 is 0 Å². The summed E-state index contributed by atoms with van der Waals surface area (Å²) in [6.07, 6.45) is 5.16. The van der Waals surface area contributed by atoms with Crippen LogP contribution in [0.25, 0.3) is 0 Å². The van der Waals surface area contributed by atoms with Crippen molar-refractivity contribution in [3.63, 3.8) is 0 Å². The average Bonchev–Trinajstić information content (AvgIpc) is 2.83. The number of ether oxygens (including phenoxy) is 1. The predicted octanol–water partition coefficient (Wildman–Crippen LogP) is 2.36. The van der Waals surface area contributed by atoms with E-state index in [0.29, 0.717) is 5.95 Å². The van der Waals surface area contributed by atoms with Crippen molar-refractivity contribution in [1.29, 1.82) is 0 Å². The van der Waals surface area contributed by atoms with Gasteiger partial charge in [-0.15, -0.1) is 12.6 Å². The molecule has 1 saturated heterocycles. The standard InChI is InChI=1S/C15H16N4OS/c21-11-1-2-12-13(7-11)19(14-17-9-16-10-18-14)8-15(12)3-5-20-6-4-15/h1-2,7,9-10,21H,3-6,8H2. The Balaban J connectivity index is 1.83. The lowest BCUT2D eigenvalue weighted by molar-refractivity contribution is 0.0557. The molecule has 2 aliphatic heterocycles. The molecule has 6 heteroatoms. The molecular weight excluding hydrogens is 284 g/mol. The summed E-state index contributed by atoms with van der Waals surface area (Å²) < 4.78 is 5.56. The van der Waals surface area contributed by atoms with E-state index in [9.17, 15) is 0 Å². The third-order valence-corrected chi connectivity index (χ3v) is 4.75. The first-order valence-corrected chi connectivity index (χ1v) is 7.54. The van der Waals surface area contributed by atoms with Gasteiger partial charge in [-0.1, -0.05) is 6.07 Å². The second-order valence-electron chi connectivity index (χ2n) is 5.62. The highest BCUT2D eigenvalue weighted by Crippen LogP contribution is 2.49. The van der Waals surface area contributed by atoms with Gasteiger partial charge in [-0.2, -0.15) is 0 Å². The minimum atomic E-state index is 0.141. The van der Waals surface area contributed by atoms with Crippen LogP contribution in [0.15, 0.2) is 35.7 Å². The number of hydrogen-bond acceptors (Lipinski definition) is 6. The Morgan fingerprint density at radius 2 is 1.90 bits per heavy atom. The molecule has 1 aromatic carbocycles. The van der Waals surface area contributed by atoms with Crippen LogP contribution in [0.1, 0.15) is 18.4 Å². The molecule has 0 radical (unpaired) electrons. The molecule has 0 aliphatic carbocycles. The molecule has 21 heavy (non-hydrogen) atoms. The van der Waals surface area contributed by atoms with E-state index in [0.717, 1.165) is 43.2 Å². The summed E-state index contributed by atoms with van der Waals surface area (Å²) in [5.74, 6) is 0.702. The van der Waals surface area contributed by atoms with E-state index in [1.807, 2.05) is 0 Å². The molecule has 1 spiro atoms. The van der Waals surface area contributed by atoms with Gasteiger partial charge in [0.05, 0.1) is 0 Å². The SMILES string of the molecule is Sc1ccc2c(c1)N(c1ncncn1)CC21CCOCC1. The van der Waals surface area contributed by atoms with Gasteiger partial charge in [0.1, 0.15) is 12.7 Å². The molecule has 3 heterocycles. The zero-order valence-electron chi connectivity index (χ0n) is 11.6. The van der Waals surface area contributed by atoms with Crippen molar-refractivity contribution < 1.29 is 4.74 Å². The summed E-state index contributed by atoms with van der Waals surface area (Å²) in [7, 11) is 0. The van der Waals surface area contributed by atoms with Gasteiger partial charge in [-0.3, -0.25) is 0 Å². The van der Waals surface area contributed by atoms with E-state index in [-0.39, 0.29) is 5.41 Å². The Morgan fingerprint density at radius 1 is 1.14 bits per heavy atom. The fourth-order valence-electron chi connectivity index (χ4n) is 3.41. The second-order valence-corrected chi connectivity index (χ2v) is 6.13. The number of hydrogen-bond donors (Lipinski definition) is 1. The summed E-state index contributed by atoms with van der Waals surface area (Å²) in [6.45, 7) is 2.52. The van der Waals surface area contributed by atoms with Gasteiger partial charge >= 0.3 is 0 Å². The summed E-state index contributed by atoms with van der Waals surface area (Å²) in [4.78, 5) is 15.7. The maximum absolute atomic E-state index is 5.56. The Labute approximate surface area is 128 Å².